The minimum absolute atomic E-state index is 0.0322. The third-order valence-electron chi connectivity index (χ3n) is 4.27. The number of benzene rings is 1. The number of aromatic hydroxyl groups is 1. The third-order valence-corrected chi connectivity index (χ3v) is 4.63. The molecule has 6 heteroatoms. The molecule has 1 aromatic carbocycles. The van der Waals surface area contributed by atoms with E-state index in [0.29, 0.717) is 12.0 Å². The summed E-state index contributed by atoms with van der Waals surface area (Å²) in [6.07, 6.45) is 2.50. The monoisotopic (exact) mass is 320 g/mol. The first-order valence-electron chi connectivity index (χ1n) is 7.15. The maximum absolute atomic E-state index is 10.9. The van der Waals surface area contributed by atoms with Gasteiger partial charge in [-0.25, -0.2) is 0 Å². The number of phenolic OH excluding ortho intramolecular Hbond substituents is 1. The van der Waals surface area contributed by atoms with Crippen molar-refractivity contribution in [3.63, 3.8) is 0 Å². The van der Waals surface area contributed by atoms with Crippen LogP contribution < -0.4 is 0 Å². The van der Waals surface area contributed by atoms with Crippen molar-refractivity contribution in [2.75, 3.05) is 5.75 Å². The molecule has 0 bridgehead atoms. The highest BCUT2D eigenvalue weighted by atomic mass is 32.1. The Morgan fingerprint density at radius 2 is 1.86 bits per heavy atom. The molecule has 1 fully saturated rings. The van der Waals surface area contributed by atoms with Gasteiger partial charge in [-0.15, -0.1) is 0 Å². The van der Waals surface area contributed by atoms with Crippen LogP contribution in [0.5, 0.6) is 5.75 Å². The van der Waals surface area contributed by atoms with Gasteiger partial charge in [0.2, 0.25) is 0 Å². The predicted octanol–water partition coefficient (Wildman–Crippen LogP) is 3.15. The van der Waals surface area contributed by atoms with E-state index in [2.05, 4.69) is 12.6 Å². The lowest BCUT2D eigenvalue weighted by molar-refractivity contribution is 0.00578. The predicted molar refractivity (Wildman–Crippen MR) is 91.4 cm³/mol. The maximum atomic E-state index is 10.9. The van der Waals surface area contributed by atoms with Crippen molar-refractivity contribution in [2.24, 2.45) is 0 Å². The largest absolute Gasteiger partial charge is 0.507 e. The van der Waals surface area contributed by atoms with Gasteiger partial charge in [-0.05, 0) is 50.9 Å². The van der Waals surface area contributed by atoms with Crippen molar-refractivity contribution < 1.29 is 19.2 Å². The fourth-order valence-corrected chi connectivity index (χ4v) is 2.39. The lowest BCUT2D eigenvalue weighted by Gasteiger charge is -2.32. The van der Waals surface area contributed by atoms with Crippen LogP contribution >= 0.6 is 12.6 Å². The van der Waals surface area contributed by atoms with Crippen LogP contribution in [0.1, 0.15) is 43.6 Å². The topological polar surface area (TPSA) is 55.8 Å². The Labute approximate surface area is 137 Å². The van der Waals surface area contributed by atoms with Gasteiger partial charge >= 0.3 is 7.12 Å². The molecule has 22 heavy (non-hydrogen) atoms. The molecule has 118 valence electrons. The fraction of sp³-hybridized carbons (Fsp3) is 0.438. The summed E-state index contributed by atoms with van der Waals surface area (Å²) in [6.45, 7) is 7.98. The SMILES string of the molecule is CC1(C)OB(C(=Cc2ccc(O)c(C=O)c2)CS)OC1(C)C. The highest BCUT2D eigenvalue weighted by molar-refractivity contribution is 7.80. The van der Waals surface area contributed by atoms with Crippen molar-refractivity contribution in [2.45, 2.75) is 38.9 Å². The average Bonchev–Trinajstić information content (AvgIpc) is 2.66. The van der Waals surface area contributed by atoms with Crippen molar-refractivity contribution >= 4 is 32.1 Å². The summed E-state index contributed by atoms with van der Waals surface area (Å²) >= 11 is 4.36. The molecule has 1 heterocycles. The van der Waals surface area contributed by atoms with Gasteiger partial charge in [0.25, 0.3) is 0 Å². The van der Waals surface area contributed by atoms with Gasteiger partial charge in [0.15, 0.2) is 6.29 Å². The molecule has 1 aromatic rings. The molecule has 0 aromatic heterocycles. The molecule has 0 radical (unpaired) electrons. The molecule has 1 N–H and O–H groups in total. The average molecular weight is 320 g/mol. The zero-order valence-corrected chi connectivity index (χ0v) is 14.2. The van der Waals surface area contributed by atoms with Gasteiger partial charge < -0.3 is 14.4 Å². The van der Waals surface area contributed by atoms with Crippen LogP contribution in [0.15, 0.2) is 23.7 Å². The van der Waals surface area contributed by atoms with E-state index in [9.17, 15) is 9.90 Å². The molecular formula is C16H21BO4S. The van der Waals surface area contributed by atoms with E-state index in [1.165, 1.54) is 6.07 Å². The summed E-state index contributed by atoms with van der Waals surface area (Å²) < 4.78 is 12.0. The highest BCUT2D eigenvalue weighted by Crippen LogP contribution is 2.39. The Kier molecular flexibility index (Phi) is 4.75. The number of rotatable bonds is 4. The summed E-state index contributed by atoms with van der Waals surface area (Å²) in [4.78, 5) is 10.9. The molecule has 4 nitrogen and oxygen atoms in total. The normalized spacial score (nSPS) is 20.2. The smallest absolute Gasteiger partial charge is 0.491 e. The van der Waals surface area contributed by atoms with Crippen LogP contribution in [0.25, 0.3) is 6.08 Å². The van der Waals surface area contributed by atoms with Crippen LogP contribution in [0.3, 0.4) is 0 Å². The fourth-order valence-electron chi connectivity index (χ4n) is 2.15. The van der Waals surface area contributed by atoms with Gasteiger partial charge in [0.1, 0.15) is 5.75 Å². The number of hydrogen-bond acceptors (Lipinski definition) is 5. The van der Waals surface area contributed by atoms with Gasteiger partial charge in [0.05, 0.1) is 16.8 Å². The second kappa shape index (κ2) is 6.10. The molecule has 2 rings (SSSR count). The minimum Gasteiger partial charge on any atom is -0.507 e. The molecule has 1 saturated heterocycles. The number of phenols is 1. The van der Waals surface area contributed by atoms with Crippen LogP contribution in [-0.2, 0) is 9.31 Å². The van der Waals surface area contributed by atoms with E-state index in [4.69, 9.17) is 9.31 Å². The van der Waals surface area contributed by atoms with E-state index in [1.54, 1.807) is 12.1 Å². The lowest BCUT2D eigenvalue weighted by atomic mass is 9.78. The number of hydrogen-bond donors (Lipinski definition) is 2. The summed E-state index contributed by atoms with van der Waals surface area (Å²) in [6, 6.07) is 4.85. The Bertz CT molecular complexity index is 594. The lowest BCUT2D eigenvalue weighted by Crippen LogP contribution is -2.41. The molecule has 0 saturated carbocycles. The summed E-state index contributed by atoms with van der Waals surface area (Å²) in [7, 11) is -0.476. The number of aldehydes is 1. The van der Waals surface area contributed by atoms with Gasteiger partial charge in [-0.2, -0.15) is 12.6 Å². The quantitative estimate of drug-likeness (QED) is 0.508. The first-order valence-corrected chi connectivity index (χ1v) is 7.78. The van der Waals surface area contributed by atoms with E-state index < -0.39 is 18.3 Å². The van der Waals surface area contributed by atoms with E-state index in [-0.39, 0.29) is 11.3 Å². The van der Waals surface area contributed by atoms with Crippen LogP contribution in [0.2, 0.25) is 0 Å². The van der Waals surface area contributed by atoms with Crippen LogP contribution in [0.4, 0.5) is 0 Å². The second-order valence-corrected chi connectivity index (χ2v) is 6.72. The number of thiol groups is 1. The van der Waals surface area contributed by atoms with Crippen molar-refractivity contribution in [3.05, 3.63) is 34.8 Å². The molecule has 1 aliphatic heterocycles. The molecule has 0 atom stereocenters. The zero-order chi connectivity index (χ0) is 16.5. The highest BCUT2D eigenvalue weighted by Gasteiger charge is 2.52. The van der Waals surface area contributed by atoms with Crippen LogP contribution in [0, 0.1) is 0 Å². The van der Waals surface area contributed by atoms with E-state index in [0.717, 1.165) is 11.0 Å². The number of carbonyl (C=O) groups is 1. The van der Waals surface area contributed by atoms with Crippen molar-refractivity contribution in [1.29, 1.82) is 0 Å². The molecule has 0 aliphatic carbocycles. The van der Waals surface area contributed by atoms with E-state index in [1.807, 2.05) is 33.8 Å². The Balaban J connectivity index is 2.31. The van der Waals surface area contributed by atoms with Gasteiger partial charge in [0, 0.05) is 5.75 Å². The zero-order valence-electron chi connectivity index (χ0n) is 13.3. The number of carbonyl (C=O) groups excluding carboxylic acids is 1. The Morgan fingerprint density at radius 1 is 1.27 bits per heavy atom. The minimum atomic E-state index is -0.476. The molecule has 1 aliphatic rings. The first-order chi connectivity index (χ1) is 10.2. The standard InChI is InChI=1S/C16H21BO4S/c1-15(2)16(3,4)21-17(20-15)13(10-22)8-11-5-6-14(19)12(7-11)9-18/h5-9,19,22H,10H2,1-4H3. The van der Waals surface area contributed by atoms with Gasteiger partial charge in [-0.1, -0.05) is 12.1 Å². The molecular weight excluding hydrogens is 299 g/mol. The Hall–Kier alpha value is -1.24. The summed E-state index contributed by atoms with van der Waals surface area (Å²) in [5.74, 6) is 0.434. The first kappa shape index (κ1) is 17.1. The maximum Gasteiger partial charge on any atom is 0.491 e. The third kappa shape index (κ3) is 3.24. The van der Waals surface area contributed by atoms with Crippen LogP contribution in [-0.4, -0.2) is 35.5 Å². The summed E-state index contributed by atoms with van der Waals surface area (Å²) in [5.41, 5.74) is 1.08. The summed E-state index contributed by atoms with van der Waals surface area (Å²) in [5, 5.41) is 9.56. The molecule has 0 spiro atoms. The molecule has 0 unspecified atom stereocenters. The van der Waals surface area contributed by atoms with Gasteiger partial charge in [-0.3, -0.25) is 4.79 Å². The molecule has 0 amide bonds. The van der Waals surface area contributed by atoms with Crippen molar-refractivity contribution in [3.8, 4) is 5.75 Å². The van der Waals surface area contributed by atoms with Crippen molar-refractivity contribution in [1.82, 2.24) is 0 Å². The Morgan fingerprint density at radius 3 is 2.36 bits per heavy atom. The van der Waals surface area contributed by atoms with E-state index >= 15 is 0 Å². The second-order valence-electron chi connectivity index (χ2n) is 6.40.